The van der Waals surface area contributed by atoms with Gasteiger partial charge in [-0.1, -0.05) is 84.0 Å². The molecule has 0 fully saturated rings. The van der Waals surface area contributed by atoms with Gasteiger partial charge in [0.15, 0.2) is 6.79 Å². The van der Waals surface area contributed by atoms with E-state index in [2.05, 4.69) is 84.0 Å². The van der Waals surface area contributed by atoms with E-state index in [4.69, 9.17) is 9.47 Å². The molecule has 0 aliphatic carbocycles. The zero-order valence-corrected chi connectivity index (χ0v) is 16.8. The van der Waals surface area contributed by atoms with Gasteiger partial charge < -0.3 is 9.47 Å². The summed E-state index contributed by atoms with van der Waals surface area (Å²) < 4.78 is 11.3. The predicted octanol–water partition coefficient (Wildman–Crippen LogP) is 5.86. The Labute approximate surface area is 153 Å². The fourth-order valence-electron chi connectivity index (χ4n) is 2.91. The van der Waals surface area contributed by atoms with Gasteiger partial charge in [0, 0.05) is 19.1 Å². The summed E-state index contributed by atoms with van der Waals surface area (Å²) in [5.74, 6) is 0.964. The maximum atomic E-state index is 6.06. The fraction of sp³-hybridized carbons (Fsp3) is 0.478. The van der Waals surface area contributed by atoms with E-state index in [1.165, 1.54) is 22.3 Å². The van der Waals surface area contributed by atoms with Crippen molar-refractivity contribution >= 4 is 0 Å². The Balaban J connectivity index is 2.63. The molecule has 0 amide bonds. The second kappa shape index (κ2) is 7.61. The van der Waals surface area contributed by atoms with Crippen molar-refractivity contribution in [2.24, 2.45) is 0 Å². The third-order valence-electron chi connectivity index (χ3n) is 4.40. The molecule has 2 aromatic rings. The van der Waals surface area contributed by atoms with Crippen molar-refractivity contribution in [2.45, 2.75) is 58.8 Å². The maximum absolute atomic E-state index is 6.06. The quantitative estimate of drug-likeness (QED) is 0.635. The van der Waals surface area contributed by atoms with Gasteiger partial charge in [-0.15, -0.1) is 0 Å². The molecule has 0 spiro atoms. The highest BCUT2D eigenvalue weighted by Gasteiger charge is 2.26. The van der Waals surface area contributed by atoms with Crippen molar-refractivity contribution in [3.05, 3.63) is 64.7 Å². The van der Waals surface area contributed by atoms with Gasteiger partial charge in [-0.05, 0) is 27.5 Å². The van der Waals surface area contributed by atoms with Crippen LogP contribution in [0.4, 0.5) is 0 Å². The molecule has 136 valence electrons. The summed E-state index contributed by atoms with van der Waals surface area (Å²) in [5.41, 5.74) is 5.17. The first-order valence-electron chi connectivity index (χ1n) is 8.96. The van der Waals surface area contributed by atoms with Crippen LogP contribution >= 0.6 is 0 Å². The van der Waals surface area contributed by atoms with Crippen LogP contribution in [0.3, 0.4) is 0 Å². The lowest BCUT2D eigenvalue weighted by atomic mass is 9.78. The molecule has 0 bridgehead atoms. The van der Waals surface area contributed by atoms with Gasteiger partial charge in [-0.25, -0.2) is 0 Å². The Morgan fingerprint density at radius 1 is 0.840 bits per heavy atom. The lowest BCUT2D eigenvalue weighted by Gasteiger charge is -2.29. The van der Waals surface area contributed by atoms with E-state index in [0.717, 1.165) is 12.2 Å². The molecule has 0 radical (unpaired) electrons. The SMILES string of the molecule is COCOc1c(Cc2ccccc2)cc(C(C)(C)C)cc1C(C)(C)C. The second-order valence-electron chi connectivity index (χ2n) is 8.73. The monoisotopic (exact) mass is 340 g/mol. The van der Waals surface area contributed by atoms with Gasteiger partial charge in [0.25, 0.3) is 0 Å². The third-order valence-corrected chi connectivity index (χ3v) is 4.40. The molecule has 0 unspecified atom stereocenters. The van der Waals surface area contributed by atoms with Crippen LogP contribution in [0.5, 0.6) is 5.75 Å². The van der Waals surface area contributed by atoms with Crippen LogP contribution < -0.4 is 4.74 Å². The van der Waals surface area contributed by atoms with Crippen LogP contribution in [-0.2, 0) is 22.0 Å². The van der Waals surface area contributed by atoms with Crippen LogP contribution in [-0.4, -0.2) is 13.9 Å². The first-order chi connectivity index (χ1) is 11.6. The Bertz CT molecular complexity index is 689. The molecule has 2 rings (SSSR count). The maximum Gasteiger partial charge on any atom is 0.188 e. The van der Waals surface area contributed by atoms with Crippen molar-refractivity contribution < 1.29 is 9.47 Å². The number of rotatable bonds is 5. The summed E-state index contributed by atoms with van der Waals surface area (Å²) in [6.07, 6.45) is 0.854. The van der Waals surface area contributed by atoms with E-state index in [1.54, 1.807) is 7.11 Å². The molecule has 0 heterocycles. The average Bonchev–Trinajstić information content (AvgIpc) is 2.52. The largest absolute Gasteiger partial charge is 0.467 e. The first kappa shape index (κ1) is 19.5. The molecule has 2 nitrogen and oxygen atoms in total. The van der Waals surface area contributed by atoms with Gasteiger partial charge >= 0.3 is 0 Å². The molecular formula is C23H32O2. The zero-order chi connectivity index (χ0) is 18.7. The summed E-state index contributed by atoms with van der Waals surface area (Å²) in [7, 11) is 1.66. The Morgan fingerprint density at radius 3 is 2.00 bits per heavy atom. The van der Waals surface area contributed by atoms with Crippen LogP contribution in [0.2, 0.25) is 0 Å². The zero-order valence-electron chi connectivity index (χ0n) is 16.8. The Kier molecular flexibility index (Phi) is 5.95. The molecule has 0 aliphatic heterocycles. The van der Waals surface area contributed by atoms with Crippen molar-refractivity contribution in [3.8, 4) is 5.75 Å². The highest BCUT2D eigenvalue weighted by atomic mass is 16.7. The van der Waals surface area contributed by atoms with Gasteiger partial charge in [-0.2, -0.15) is 0 Å². The minimum atomic E-state index is -0.00419. The number of hydrogen-bond donors (Lipinski definition) is 0. The average molecular weight is 341 g/mol. The topological polar surface area (TPSA) is 18.5 Å². The minimum Gasteiger partial charge on any atom is -0.467 e. The summed E-state index contributed by atoms with van der Waals surface area (Å²) in [4.78, 5) is 0. The Morgan fingerprint density at radius 2 is 1.48 bits per heavy atom. The minimum absolute atomic E-state index is 0.00419. The number of benzene rings is 2. The van der Waals surface area contributed by atoms with Crippen molar-refractivity contribution in [2.75, 3.05) is 13.9 Å². The fourth-order valence-corrected chi connectivity index (χ4v) is 2.91. The highest BCUT2D eigenvalue weighted by molar-refractivity contribution is 5.51. The molecule has 0 saturated heterocycles. The summed E-state index contributed by atoms with van der Waals surface area (Å²) in [6.45, 7) is 13.8. The third kappa shape index (κ3) is 5.09. The molecule has 0 aromatic heterocycles. The van der Waals surface area contributed by atoms with Crippen molar-refractivity contribution in [1.82, 2.24) is 0 Å². The van der Waals surface area contributed by atoms with Gasteiger partial charge in [0.05, 0.1) is 0 Å². The summed E-state index contributed by atoms with van der Waals surface area (Å²) in [6, 6.07) is 15.2. The van der Waals surface area contributed by atoms with Crippen molar-refractivity contribution in [1.29, 1.82) is 0 Å². The molecule has 0 saturated carbocycles. The van der Waals surface area contributed by atoms with E-state index in [-0.39, 0.29) is 17.6 Å². The predicted molar refractivity (Wildman–Crippen MR) is 106 cm³/mol. The van der Waals surface area contributed by atoms with E-state index >= 15 is 0 Å². The van der Waals surface area contributed by atoms with Crippen molar-refractivity contribution in [3.63, 3.8) is 0 Å². The number of hydrogen-bond acceptors (Lipinski definition) is 2. The standard InChI is InChI=1S/C23H32O2/c1-22(2,3)19-14-18(13-17-11-9-8-10-12-17)21(25-16-24-7)20(15-19)23(4,5)6/h8-12,14-15H,13,16H2,1-7H3. The molecular weight excluding hydrogens is 308 g/mol. The number of methoxy groups -OCH3 is 1. The van der Waals surface area contributed by atoms with Crippen LogP contribution in [0.1, 0.15) is 63.8 Å². The van der Waals surface area contributed by atoms with E-state index < -0.39 is 0 Å². The summed E-state index contributed by atoms with van der Waals surface area (Å²) >= 11 is 0. The molecule has 2 heteroatoms. The van der Waals surface area contributed by atoms with Gasteiger partial charge in [-0.3, -0.25) is 0 Å². The van der Waals surface area contributed by atoms with E-state index in [9.17, 15) is 0 Å². The molecule has 0 atom stereocenters. The molecule has 2 aromatic carbocycles. The normalized spacial score (nSPS) is 12.3. The molecule has 0 N–H and O–H groups in total. The first-order valence-corrected chi connectivity index (χ1v) is 8.96. The van der Waals surface area contributed by atoms with Crippen LogP contribution in [0.15, 0.2) is 42.5 Å². The lowest BCUT2D eigenvalue weighted by molar-refractivity contribution is 0.0491. The van der Waals surface area contributed by atoms with E-state index in [0.29, 0.717) is 0 Å². The Hall–Kier alpha value is -1.80. The van der Waals surface area contributed by atoms with Gasteiger partial charge in [0.2, 0.25) is 0 Å². The lowest BCUT2D eigenvalue weighted by Crippen LogP contribution is -2.19. The van der Waals surface area contributed by atoms with Gasteiger partial charge in [0.1, 0.15) is 5.75 Å². The number of ether oxygens (including phenoxy) is 2. The molecule has 0 aliphatic rings. The highest BCUT2D eigenvalue weighted by Crippen LogP contribution is 2.39. The van der Waals surface area contributed by atoms with Crippen LogP contribution in [0, 0.1) is 0 Å². The molecule has 25 heavy (non-hydrogen) atoms. The second-order valence-corrected chi connectivity index (χ2v) is 8.73. The summed E-state index contributed by atoms with van der Waals surface area (Å²) in [5, 5.41) is 0. The van der Waals surface area contributed by atoms with Crippen LogP contribution in [0.25, 0.3) is 0 Å². The van der Waals surface area contributed by atoms with E-state index in [1.807, 2.05) is 0 Å². The smallest absolute Gasteiger partial charge is 0.188 e.